The van der Waals surface area contributed by atoms with Crippen LogP contribution in [0.1, 0.15) is 6.42 Å². The minimum Gasteiger partial charge on any atom is -0.297 e. The maximum atomic E-state index is 11.6. The fourth-order valence-corrected chi connectivity index (χ4v) is 3.97. The summed E-state index contributed by atoms with van der Waals surface area (Å²) in [4.78, 5) is 29.8. The molecule has 0 saturated carbocycles. The number of thiophene rings is 1. The van der Waals surface area contributed by atoms with Gasteiger partial charge in [0, 0.05) is 5.38 Å². The van der Waals surface area contributed by atoms with Crippen LogP contribution >= 0.6 is 38.6 Å². The molecule has 1 amide bonds. The second-order valence-corrected chi connectivity index (χ2v) is 7.11. The molecule has 18 heavy (non-hydrogen) atoms. The highest BCUT2D eigenvalue weighted by atomic mass is 79.9. The average molecular weight is 343 g/mol. The van der Waals surface area contributed by atoms with Gasteiger partial charge < -0.3 is 0 Å². The molecule has 3 rings (SSSR count). The van der Waals surface area contributed by atoms with E-state index in [1.54, 1.807) is 11.3 Å². The molecular formula is C11H7BrN2O2S2. The summed E-state index contributed by atoms with van der Waals surface area (Å²) in [7, 11) is 0. The third-order valence-electron chi connectivity index (χ3n) is 2.53. The molecule has 0 aromatic carbocycles. The zero-order valence-electron chi connectivity index (χ0n) is 9.05. The first-order chi connectivity index (χ1) is 8.63. The van der Waals surface area contributed by atoms with Crippen molar-refractivity contribution in [3.63, 3.8) is 0 Å². The molecule has 1 aliphatic heterocycles. The van der Waals surface area contributed by atoms with Crippen molar-refractivity contribution in [1.82, 2.24) is 4.98 Å². The Morgan fingerprint density at radius 1 is 1.33 bits per heavy atom. The van der Waals surface area contributed by atoms with Crippen molar-refractivity contribution in [3.8, 4) is 10.6 Å². The lowest BCUT2D eigenvalue weighted by atomic mass is 10.3. The van der Waals surface area contributed by atoms with Crippen LogP contribution in [0.4, 0.5) is 5.13 Å². The van der Waals surface area contributed by atoms with Crippen LogP contribution in [-0.2, 0) is 9.59 Å². The molecule has 0 spiro atoms. The van der Waals surface area contributed by atoms with E-state index in [0.29, 0.717) is 5.13 Å². The SMILES string of the molecule is O=C1CC(=O)N(c2nc(-c3ccc(Br)s3)cs2)C1. The van der Waals surface area contributed by atoms with Gasteiger partial charge in [-0.15, -0.1) is 22.7 Å². The number of carbonyl (C=O) groups excluding carboxylic acids is 2. The zero-order chi connectivity index (χ0) is 12.7. The molecular weight excluding hydrogens is 336 g/mol. The number of aromatic nitrogens is 1. The second-order valence-electron chi connectivity index (χ2n) is 3.81. The lowest BCUT2D eigenvalue weighted by Gasteiger charge is -2.08. The van der Waals surface area contributed by atoms with Gasteiger partial charge in [-0.25, -0.2) is 4.98 Å². The number of nitrogens with zero attached hydrogens (tertiary/aromatic N) is 2. The number of rotatable bonds is 2. The molecule has 0 aliphatic carbocycles. The van der Waals surface area contributed by atoms with Crippen molar-refractivity contribution in [3.05, 3.63) is 21.3 Å². The first kappa shape index (κ1) is 12.0. The second kappa shape index (κ2) is 4.56. The van der Waals surface area contributed by atoms with Crippen LogP contribution in [0.2, 0.25) is 0 Å². The fraction of sp³-hybridized carbons (Fsp3) is 0.182. The Morgan fingerprint density at radius 3 is 2.78 bits per heavy atom. The topological polar surface area (TPSA) is 50.3 Å². The van der Waals surface area contributed by atoms with Crippen molar-refractivity contribution in [1.29, 1.82) is 0 Å². The monoisotopic (exact) mass is 342 g/mol. The number of anilines is 1. The van der Waals surface area contributed by atoms with Crippen LogP contribution in [0, 0.1) is 0 Å². The molecule has 0 unspecified atom stereocenters. The van der Waals surface area contributed by atoms with Crippen LogP contribution in [0.5, 0.6) is 0 Å². The van der Waals surface area contributed by atoms with Gasteiger partial charge in [0.1, 0.15) is 0 Å². The molecule has 0 radical (unpaired) electrons. The van der Waals surface area contributed by atoms with Crippen LogP contribution < -0.4 is 4.90 Å². The van der Waals surface area contributed by atoms with Crippen molar-refractivity contribution >= 4 is 55.4 Å². The Balaban J connectivity index is 1.90. The number of Topliss-reactive ketones (excluding diaryl/α,β-unsaturated/α-hetero) is 1. The number of carbonyl (C=O) groups is 2. The zero-order valence-corrected chi connectivity index (χ0v) is 12.3. The van der Waals surface area contributed by atoms with E-state index >= 15 is 0 Å². The molecule has 2 aromatic heterocycles. The van der Waals surface area contributed by atoms with E-state index in [9.17, 15) is 9.59 Å². The smallest absolute Gasteiger partial charge is 0.236 e. The third-order valence-corrected chi connectivity index (χ3v) is 5.04. The van der Waals surface area contributed by atoms with Gasteiger partial charge in [0.25, 0.3) is 0 Å². The first-order valence-electron chi connectivity index (χ1n) is 5.17. The summed E-state index contributed by atoms with van der Waals surface area (Å²) in [5.74, 6) is -0.205. The number of amides is 1. The molecule has 1 saturated heterocycles. The van der Waals surface area contributed by atoms with E-state index < -0.39 is 0 Å². The van der Waals surface area contributed by atoms with Crippen LogP contribution in [-0.4, -0.2) is 23.2 Å². The quantitative estimate of drug-likeness (QED) is 0.788. The highest BCUT2D eigenvalue weighted by Crippen LogP contribution is 2.34. The number of hydrogen-bond donors (Lipinski definition) is 0. The summed E-state index contributed by atoms with van der Waals surface area (Å²) in [6.07, 6.45) is -0.000532. The van der Waals surface area contributed by atoms with Gasteiger partial charge >= 0.3 is 0 Å². The summed E-state index contributed by atoms with van der Waals surface area (Å²) in [6.45, 7) is 0.153. The van der Waals surface area contributed by atoms with E-state index in [-0.39, 0.29) is 24.7 Å². The number of halogens is 1. The predicted octanol–water partition coefficient (Wildman–Crippen LogP) is 2.94. The predicted molar refractivity (Wildman–Crippen MR) is 75.1 cm³/mol. The van der Waals surface area contributed by atoms with Crippen LogP contribution in [0.3, 0.4) is 0 Å². The Bertz CT molecular complexity index is 635. The third kappa shape index (κ3) is 2.13. The molecule has 4 nitrogen and oxygen atoms in total. The van der Waals surface area contributed by atoms with Gasteiger partial charge in [-0.3, -0.25) is 14.5 Å². The van der Waals surface area contributed by atoms with E-state index in [1.807, 2.05) is 17.5 Å². The minimum absolute atomic E-state index is 0.000532. The van der Waals surface area contributed by atoms with Crippen molar-refractivity contribution in [2.24, 2.45) is 0 Å². The van der Waals surface area contributed by atoms with E-state index in [0.717, 1.165) is 14.4 Å². The van der Waals surface area contributed by atoms with Crippen molar-refractivity contribution < 1.29 is 9.59 Å². The normalized spacial score (nSPS) is 15.7. The number of hydrogen-bond acceptors (Lipinski definition) is 5. The molecule has 0 atom stereocenters. The van der Waals surface area contributed by atoms with Gasteiger partial charge in [-0.1, -0.05) is 0 Å². The number of thiazole rings is 1. The summed E-state index contributed by atoms with van der Waals surface area (Å²) >= 11 is 6.38. The van der Waals surface area contributed by atoms with Gasteiger partial charge in [0.05, 0.1) is 27.3 Å². The fourth-order valence-electron chi connectivity index (χ4n) is 1.71. The highest BCUT2D eigenvalue weighted by molar-refractivity contribution is 9.11. The number of ketones is 1. The Kier molecular flexibility index (Phi) is 3.04. The van der Waals surface area contributed by atoms with Gasteiger partial charge in [-0.05, 0) is 28.1 Å². The van der Waals surface area contributed by atoms with Gasteiger partial charge in [0.15, 0.2) is 10.9 Å². The van der Waals surface area contributed by atoms with Crippen LogP contribution in [0.15, 0.2) is 21.3 Å². The molecule has 2 aromatic rings. The highest BCUT2D eigenvalue weighted by Gasteiger charge is 2.30. The van der Waals surface area contributed by atoms with Crippen molar-refractivity contribution in [2.75, 3.05) is 11.4 Å². The largest absolute Gasteiger partial charge is 0.297 e. The first-order valence-corrected chi connectivity index (χ1v) is 7.66. The maximum Gasteiger partial charge on any atom is 0.236 e. The average Bonchev–Trinajstić information content (AvgIpc) is 2.98. The minimum atomic E-state index is -0.159. The molecule has 1 aliphatic rings. The van der Waals surface area contributed by atoms with Crippen molar-refractivity contribution in [2.45, 2.75) is 6.42 Å². The lowest BCUT2D eigenvalue weighted by molar-refractivity contribution is -0.121. The lowest BCUT2D eigenvalue weighted by Crippen LogP contribution is -2.24. The molecule has 92 valence electrons. The molecule has 3 heterocycles. The van der Waals surface area contributed by atoms with E-state index in [4.69, 9.17) is 0 Å². The Labute approximate surface area is 119 Å². The summed E-state index contributed by atoms with van der Waals surface area (Å²) < 4.78 is 1.04. The Morgan fingerprint density at radius 2 is 2.17 bits per heavy atom. The van der Waals surface area contributed by atoms with E-state index in [2.05, 4.69) is 20.9 Å². The standard InChI is InChI=1S/C11H7BrN2O2S2/c12-9-2-1-8(18-9)7-5-17-11(13-7)14-4-6(15)3-10(14)16/h1-2,5H,3-4H2. The molecule has 0 bridgehead atoms. The van der Waals surface area contributed by atoms with Gasteiger partial charge in [-0.2, -0.15) is 0 Å². The Hall–Kier alpha value is -1.05. The molecule has 7 heteroatoms. The maximum absolute atomic E-state index is 11.6. The summed E-state index contributed by atoms with van der Waals surface area (Å²) in [6, 6.07) is 3.94. The van der Waals surface area contributed by atoms with Gasteiger partial charge in [0.2, 0.25) is 5.91 Å². The van der Waals surface area contributed by atoms with E-state index in [1.165, 1.54) is 16.2 Å². The molecule has 0 N–H and O–H groups in total. The molecule has 1 fully saturated rings. The van der Waals surface area contributed by atoms with Crippen LogP contribution in [0.25, 0.3) is 10.6 Å². The summed E-state index contributed by atoms with van der Waals surface area (Å²) in [5, 5.41) is 2.51. The summed E-state index contributed by atoms with van der Waals surface area (Å²) in [5.41, 5.74) is 0.845.